The Kier molecular flexibility index (Phi) is 12.9. The zero-order valence-electron chi connectivity index (χ0n) is 10.6. The van der Waals surface area contributed by atoms with E-state index in [0.29, 0.717) is 6.29 Å². The summed E-state index contributed by atoms with van der Waals surface area (Å²) >= 11 is 0. The molecule has 92 valence electrons. The normalized spacial score (nSPS) is 10.0. The summed E-state index contributed by atoms with van der Waals surface area (Å²) in [4.78, 5) is 9.91. The van der Waals surface area contributed by atoms with Crippen molar-refractivity contribution in [1.29, 1.82) is 0 Å². The maximum Gasteiger partial charge on any atom is 0.143 e. The average molecular weight is 238 g/mol. The molecule has 0 aliphatic heterocycles. The van der Waals surface area contributed by atoms with E-state index in [1.165, 1.54) is 25.0 Å². The molecule has 0 atom stereocenters. The number of carbonyl (C=O) groups is 1. The summed E-state index contributed by atoms with van der Waals surface area (Å²) in [5.41, 5.74) is 0. The largest absolute Gasteiger partial charge is 0.299 e. The lowest BCUT2D eigenvalue weighted by atomic mass is 10.2. The molecule has 0 saturated carbocycles. The van der Waals surface area contributed by atoms with Crippen LogP contribution in [0.5, 0.6) is 0 Å². The fraction of sp³-hybridized carbons (Fsp3) is 0.235. The summed E-state index contributed by atoms with van der Waals surface area (Å²) in [6.07, 6.45) is 17.7. The predicted octanol–water partition coefficient (Wildman–Crippen LogP) is 3.61. The predicted molar refractivity (Wildman–Crippen MR) is 77.7 cm³/mol. The van der Waals surface area contributed by atoms with Crippen molar-refractivity contribution in [1.82, 2.24) is 0 Å². The van der Waals surface area contributed by atoms with Crippen LogP contribution in [-0.2, 0) is 4.79 Å². The maximum atomic E-state index is 9.91. The fourth-order valence-corrected chi connectivity index (χ4v) is 1.07. The van der Waals surface area contributed by atoms with Crippen molar-refractivity contribution in [3.8, 4) is 23.7 Å². The van der Waals surface area contributed by atoms with Gasteiger partial charge in [0.25, 0.3) is 0 Å². The minimum atomic E-state index is 0.682. The third kappa shape index (κ3) is 13.8. The van der Waals surface area contributed by atoms with Gasteiger partial charge in [-0.2, -0.15) is 0 Å². The molecule has 0 N–H and O–H groups in total. The molecule has 0 spiro atoms. The molecule has 18 heavy (non-hydrogen) atoms. The van der Waals surface area contributed by atoms with Gasteiger partial charge in [0.05, 0.1) is 0 Å². The summed E-state index contributed by atoms with van der Waals surface area (Å²) in [5.74, 6) is 10.7. The van der Waals surface area contributed by atoms with Gasteiger partial charge in [-0.05, 0) is 55.8 Å². The Labute approximate surface area is 110 Å². The molecule has 0 heterocycles. The van der Waals surface area contributed by atoms with Crippen molar-refractivity contribution >= 4 is 6.29 Å². The summed E-state index contributed by atoms with van der Waals surface area (Å²) in [6, 6.07) is 0. The van der Waals surface area contributed by atoms with Gasteiger partial charge in [-0.25, -0.2) is 0 Å². The molecule has 0 aromatic carbocycles. The zero-order valence-corrected chi connectivity index (χ0v) is 10.6. The molecule has 0 radical (unpaired) electrons. The molecule has 1 heteroatoms. The second-order valence-corrected chi connectivity index (χ2v) is 3.39. The number of hydrogen-bond acceptors (Lipinski definition) is 1. The quantitative estimate of drug-likeness (QED) is 0.165. The highest BCUT2D eigenvalue weighted by Crippen LogP contribution is 2.00. The summed E-state index contributed by atoms with van der Waals surface area (Å²) < 4.78 is 0. The van der Waals surface area contributed by atoms with Crippen LogP contribution in [0.1, 0.15) is 25.7 Å². The van der Waals surface area contributed by atoms with Crippen molar-refractivity contribution in [3.63, 3.8) is 0 Å². The first-order valence-electron chi connectivity index (χ1n) is 5.95. The van der Waals surface area contributed by atoms with Crippen molar-refractivity contribution in [3.05, 3.63) is 49.1 Å². The summed E-state index contributed by atoms with van der Waals surface area (Å²) in [7, 11) is 0. The molecule has 0 saturated heterocycles. The van der Waals surface area contributed by atoms with Gasteiger partial charge in [0.1, 0.15) is 6.29 Å². The van der Waals surface area contributed by atoms with Gasteiger partial charge in [0, 0.05) is 0 Å². The minimum absolute atomic E-state index is 0.682. The van der Waals surface area contributed by atoms with E-state index in [4.69, 9.17) is 0 Å². The topological polar surface area (TPSA) is 17.1 Å². The monoisotopic (exact) mass is 238 g/mol. The molecule has 0 amide bonds. The van der Waals surface area contributed by atoms with Crippen LogP contribution in [0.25, 0.3) is 0 Å². The smallest absolute Gasteiger partial charge is 0.143 e. The standard InChI is InChI=1S/C17H18O/c1-2-3-4-5-6-7-8-9-10-11-12-13-14-15-16-17-18/h2,7-10,15-17H,1,3-6H2. The van der Waals surface area contributed by atoms with Crippen molar-refractivity contribution < 1.29 is 4.79 Å². The van der Waals surface area contributed by atoms with E-state index >= 15 is 0 Å². The highest BCUT2D eigenvalue weighted by molar-refractivity contribution is 5.65. The van der Waals surface area contributed by atoms with E-state index in [1.807, 2.05) is 18.2 Å². The zero-order chi connectivity index (χ0) is 13.3. The van der Waals surface area contributed by atoms with E-state index < -0.39 is 0 Å². The van der Waals surface area contributed by atoms with Gasteiger partial charge in [0.15, 0.2) is 0 Å². The first-order valence-corrected chi connectivity index (χ1v) is 5.95. The van der Waals surface area contributed by atoms with Crippen LogP contribution in [0.3, 0.4) is 0 Å². The van der Waals surface area contributed by atoms with Gasteiger partial charge < -0.3 is 0 Å². The molecule has 0 aliphatic carbocycles. The first kappa shape index (κ1) is 15.8. The SMILES string of the molecule is C=CCCCCC=CC=CC#CC#CC=CC=O. The van der Waals surface area contributed by atoms with Crippen LogP contribution >= 0.6 is 0 Å². The number of unbranched alkanes of at least 4 members (excludes halogenated alkanes) is 3. The lowest BCUT2D eigenvalue weighted by Gasteiger charge is -1.90. The van der Waals surface area contributed by atoms with Gasteiger partial charge >= 0.3 is 0 Å². The van der Waals surface area contributed by atoms with Crippen LogP contribution in [0.15, 0.2) is 49.1 Å². The average Bonchev–Trinajstić information content (AvgIpc) is 2.39. The Morgan fingerprint density at radius 2 is 1.56 bits per heavy atom. The molecule has 0 aromatic rings. The lowest BCUT2D eigenvalue weighted by molar-refractivity contribution is -0.104. The van der Waals surface area contributed by atoms with Crippen LogP contribution in [-0.4, -0.2) is 6.29 Å². The molecule has 1 nitrogen and oxygen atoms in total. The van der Waals surface area contributed by atoms with Crippen molar-refractivity contribution in [2.75, 3.05) is 0 Å². The number of hydrogen-bond donors (Lipinski definition) is 0. The number of allylic oxidation sites excluding steroid dienone is 7. The Bertz CT molecular complexity index is 428. The summed E-state index contributed by atoms with van der Waals surface area (Å²) in [5, 5.41) is 0. The molecular formula is C17H18O. The molecule has 0 aliphatic rings. The third-order valence-electron chi connectivity index (χ3n) is 1.92. The number of rotatable bonds is 7. The molecule has 0 fully saturated rings. The van der Waals surface area contributed by atoms with E-state index in [1.54, 1.807) is 6.08 Å². The van der Waals surface area contributed by atoms with Crippen LogP contribution in [0, 0.1) is 23.7 Å². The minimum Gasteiger partial charge on any atom is -0.299 e. The van der Waals surface area contributed by atoms with Crippen molar-refractivity contribution in [2.24, 2.45) is 0 Å². The maximum absolute atomic E-state index is 9.91. The highest BCUT2D eigenvalue weighted by atomic mass is 16.1. The van der Waals surface area contributed by atoms with E-state index in [2.05, 4.69) is 36.3 Å². The second kappa shape index (κ2) is 14.8. The van der Waals surface area contributed by atoms with Gasteiger partial charge in [0.2, 0.25) is 0 Å². The van der Waals surface area contributed by atoms with Crippen LogP contribution < -0.4 is 0 Å². The van der Waals surface area contributed by atoms with Gasteiger partial charge in [-0.1, -0.05) is 36.1 Å². The Balaban J connectivity index is 3.69. The fourth-order valence-electron chi connectivity index (χ4n) is 1.07. The first-order chi connectivity index (χ1) is 8.91. The van der Waals surface area contributed by atoms with Gasteiger partial charge in [-0.3, -0.25) is 4.79 Å². The Morgan fingerprint density at radius 3 is 2.22 bits per heavy atom. The third-order valence-corrected chi connectivity index (χ3v) is 1.92. The Hall–Kier alpha value is -2.25. The Morgan fingerprint density at radius 1 is 0.889 bits per heavy atom. The highest BCUT2D eigenvalue weighted by Gasteiger charge is 1.80. The molecule has 0 bridgehead atoms. The van der Waals surface area contributed by atoms with E-state index in [0.717, 1.165) is 12.8 Å². The second-order valence-electron chi connectivity index (χ2n) is 3.39. The van der Waals surface area contributed by atoms with Gasteiger partial charge in [-0.15, -0.1) is 6.58 Å². The van der Waals surface area contributed by atoms with E-state index in [9.17, 15) is 4.79 Å². The molecule has 0 rings (SSSR count). The van der Waals surface area contributed by atoms with Crippen LogP contribution in [0.2, 0.25) is 0 Å². The van der Waals surface area contributed by atoms with E-state index in [-0.39, 0.29) is 0 Å². The van der Waals surface area contributed by atoms with Crippen molar-refractivity contribution in [2.45, 2.75) is 25.7 Å². The summed E-state index contributed by atoms with van der Waals surface area (Å²) in [6.45, 7) is 3.68. The number of aldehydes is 1. The van der Waals surface area contributed by atoms with Crippen LogP contribution in [0.4, 0.5) is 0 Å². The molecule has 0 unspecified atom stereocenters. The molecule has 0 aromatic heterocycles. The number of carbonyl (C=O) groups excluding carboxylic acids is 1. The lowest BCUT2D eigenvalue weighted by Crippen LogP contribution is -1.70. The molecular weight excluding hydrogens is 220 g/mol.